The number of aliphatic hydroxyl groups is 2. The number of hydrogen-bond acceptors (Lipinski definition) is 8. The molecule has 36 heavy (non-hydrogen) atoms. The first-order chi connectivity index (χ1) is 17.5. The Morgan fingerprint density at radius 1 is 0.972 bits per heavy atom. The van der Waals surface area contributed by atoms with Crippen LogP contribution in [0.5, 0.6) is 28.7 Å². The second-order valence-electron chi connectivity index (χ2n) is 9.58. The molecule has 9 nitrogen and oxygen atoms in total. The third-order valence-electron chi connectivity index (χ3n) is 7.72. The van der Waals surface area contributed by atoms with E-state index in [1.54, 1.807) is 20.3 Å². The molecular weight excluding hydrogens is 466 g/mol. The number of carbonyl (C=O) groups excluding carboxylic acids is 1. The molecular formula is C27H33NO8. The molecule has 5 rings (SSSR count). The average molecular weight is 500 g/mol. The molecule has 3 N–H and O–H groups in total. The van der Waals surface area contributed by atoms with Gasteiger partial charge < -0.3 is 39.2 Å². The first-order valence-electron chi connectivity index (χ1n) is 12.3. The van der Waals surface area contributed by atoms with E-state index in [4.69, 9.17) is 23.7 Å². The van der Waals surface area contributed by atoms with Crippen molar-refractivity contribution in [3.8, 4) is 28.7 Å². The zero-order valence-electron chi connectivity index (χ0n) is 20.8. The number of amides is 1. The zero-order chi connectivity index (χ0) is 25.4. The van der Waals surface area contributed by atoms with E-state index in [1.165, 1.54) is 7.11 Å². The molecule has 2 aliphatic carbocycles. The minimum Gasteiger partial charge on any atom is -0.493 e. The summed E-state index contributed by atoms with van der Waals surface area (Å²) >= 11 is 0. The van der Waals surface area contributed by atoms with Gasteiger partial charge in [0.2, 0.25) is 18.4 Å². The molecule has 4 atom stereocenters. The van der Waals surface area contributed by atoms with Crippen LogP contribution < -0.4 is 29.0 Å². The Morgan fingerprint density at radius 2 is 1.58 bits per heavy atom. The molecule has 9 heteroatoms. The molecule has 0 radical (unpaired) electrons. The van der Waals surface area contributed by atoms with Gasteiger partial charge in [-0.05, 0) is 53.8 Å². The third-order valence-corrected chi connectivity index (χ3v) is 7.72. The van der Waals surface area contributed by atoms with Gasteiger partial charge in [-0.1, -0.05) is 12.8 Å². The van der Waals surface area contributed by atoms with Gasteiger partial charge in [0, 0.05) is 24.5 Å². The van der Waals surface area contributed by atoms with Crippen LogP contribution in [0.3, 0.4) is 0 Å². The highest BCUT2D eigenvalue weighted by atomic mass is 16.7. The summed E-state index contributed by atoms with van der Waals surface area (Å²) in [6, 6.07) is 7.32. The summed E-state index contributed by atoms with van der Waals surface area (Å²) in [4.78, 5) is 13.9. The van der Waals surface area contributed by atoms with Gasteiger partial charge >= 0.3 is 0 Å². The van der Waals surface area contributed by atoms with Crippen LogP contribution in [0.2, 0.25) is 0 Å². The highest BCUT2D eigenvalue weighted by molar-refractivity contribution is 5.82. The van der Waals surface area contributed by atoms with Crippen molar-refractivity contribution in [1.29, 1.82) is 0 Å². The van der Waals surface area contributed by atoms with Gasteiger partial charge in [0.15, 0.2) is 23.0 Å². The summed E-state index contributed by atoms with van der Waals surface area (Å²) in [5.41, 5.74) is 2.07. The van der Waals surface area contributed by atoms with Crippen LogP contribution in [0, 0.1) is 11.8 Å². The van der Waals surface area contributed by atoms with Gasteiger partial charge in [-0.2, -0.15) is 0 Å². The van der Waals surface area contributed by atoms with E-state index in [0.29, 0.717) is 34.3 Å². The average Bonchev–Trinajstić information content (AvgIpc) is 3.58. The molecule has 1 fully saturated rings. The minimum atomic E-state index is -1.06. The first-order valence-corrected chi connectivity index (χ1v) is 12.3. The Hall–Kier alpha value is -3.17. The van der Waals surface area contributed by atoms with Gasteiger partial charge in [0.25, 0.3) is 0 Å². The number of nitrogens with one attached hydrogen (secondary N) is 1. The van der Waals surface area contributed by atoms with Crippen LogP contribution in [0.4, 0.5) is 0 Å². The quantitative estimate of drug-likeness (QED) is 0.533. The molecule has 3 aliphatic rings. The molecule has 1 saturated carbocycles. The predicted octanol–water partition coefficient (Wildman–Crippen LogP) is 2.90. The SMILES string of the molecule is COc1cc([C@@H]2c3cc4c(cc3[C@H](O)[C@@H](CO)[C@@H]2C(=O)NC2CCCC2)OCO4)cc(OC)c1OC. The summed E-state index contributed by atoms with van der Waals surface area (Å²) in [5, 5.41) is 25.0. The number of benzene rings is 2. The number of carbonyl (C=O) groups is 1. The summed E-state index contributed by atoms with van der Waals surface area (Å²) in [6.07, 6.45) is 2.94. The van der Waals surface area contributed by atoms with Gasteiger partial charge in [-0.25, -0.2) is 0 Å². The number of hydrogen-bond donors (Lipinski definition) is 3. The topological polar surface area (TPSA) is 116 Å². The minimum absolute atomic E-state index is 0.0815. The van der Waals surface area contributed by atoms with Crippen LogP contribution in [0.25, 0.3) is 0 Å². The molecule has 0 unspecified atom stereocenters. The van der Waals surface area contributed by atoms with Gasteiger partial charge in [0.1, 0.15) is 0 Å². The van der Waals surface area contributed by atoms with Crippen molar-refractivity contribution in [2.24, 2.45) is 11.8 Å². The van der Waals surface area contributed by atoms with Crippen molar-refractivity contribution in [2.45, 2.75) is 43.7 Å². The van der Waals surface area contributed by atoms with Crippen LogP contribution in [0.15, 0.2) is 24.3 Å². The van der Waals surface area contributed by atoms with Crippen molar-refractivity contribution >= 4 is 5.91 Å². The van der Waals surface area contributed by atoms with Crippen molar-refractivity contribution in [3.05, 3.63) is 41.0 Å². The van der Waals surface area contributed by atoms with Crippen molar-refractivity contribution < 1.29 is 38.7 Å². The fourth-order valence-electron chi connectivity index (χ4n) is 5.96. The zero-order valence-corrected chi connectivity index (χ0v) is 20.8. The molecule has 0 spiro atoms. The predicted molar refractivity (Wildman–Crippen MR) is 130 cm³/mol. The first kappa shape index (κ1) is 24.5. The van der Waals surface area contributed by atoms with E-state index in [9.17, 15) is 15.0 Å². The number of methoxy groups -OCH3 is 3. The Morgan fingerprint density at radius 3 is 2.14 bits per heavy atom. The van der Waals surface area contributed by atoms with Gasteiger partial charge in [-0.15, -0.1) is 0 Å². The smallest absolute Gasteiger partial charge is 0.231 e. The van der Waals surface area contributed by atoms with Gasteiger partial charge in [0.05, 0.1) is 33.4 Å². The molecule has 0 bridgehead atoms. The van der Waals surface area contributed by atoms with E-state index in [-0.39, 0.29) is 25.3 Å². The number of ether oxygens (including phenoxy) is 5. The van der Waals surface area contributed by atoms with Crippen molar-refractivity contribution in [3.63, 3.8) is 0 Å². The second-order valence-corrected chi connectivity index (χ2v) is 9.58. The maximum Gasteiger partial charge on any atom is 0.231 e. The molecule has 194 valence electrons. The lowest BCUT2D eigenvalue weighted by molar-refractivity contribution is -0.132. The number of rotatable bonds is 7. The Bertz CT molecular complexity index is 1100. The van der Waals surface area contributed by atoms with E-state index in [1.807, 2.05) is 18.2 Å². The maximum atomic E-state index is 13.9. The molecule has 1 aliphatic heterocycles. The summed E-state index contributed by atoms with van der Waals surface area (Å²) in [6.45, 7) is -0.281. The molecule has 2 aromatic carbocycles. The molecule has 2 aromatic rings. The maximum absolute atomic E-state index is 13.9. The van der Waals surface area contributed by atoms with Crippen LogP contribution in [-0.2, 0) is 4.79 Å². The second kappa shape index (κ2) is 10.1. The highest BCUT2D eigenvalue weighted by Crippen LogP contribution is 2.53. The highest BCUT2D eigenvalue weighted by Gasteiger charge is 2.48. The van der Waals surface area contributed by atoms with E-state index in [2.05, 4.69) is 5.32 Å². The Balaban J connectivity index is 1.69. The lowest BCUT2D eigenvalue weighted by Gasteiger charge is -2.42. The monoisotopic (exact) mass is 499 g/mol. The largest absolute Gasteiger partial charge is 0.493 e. The lowest BCUT2D eigenvalue weighted by Crippen LogP contribution is -2.47. The summed E-state index contributed by atoms with van der Waals surface area (Å²) in [7, 11) is 4.61. The lowest BCUT2D eigenvalue weighted by atomic mass is 9.64. The van der Waals surface area contributed by atoms with Crippen LogP contribution >= 0.6 is 0 Å². The van der Waals surface area contributed by atoms with Crippen molar-refractivity contribution in [1.82, 2.24) is 5.32 Å². The standard InChI is InChI=1S/C27H33NO8/c1-32-21-8-14(9-22(33-2)26(21)34-3)23-16-10-19-20(36-13-35-19)11-17(16)25(30)18(12-29)24(23)27(31)28-15-6-4-5-7-15/h8-11,15,18,23-25,29-30H,4-7,12-13H2,1-3H3,(H,28,31)/t18-,23+,24-,25-/m0/s1. The van der Waals surface area contributed by atoms with E-state index < -0.39 is 23.9 Å². The molecule has 1 amide bonds. The van der Waals surface area contributed by atoms with Gasteiger partial charge in [-0.3, -0.25) is 4.79 Å². The van der Waals surface area contributed by atoms with Crippen LogP contribution in [-0.4, -0.2) is 56.9 Å². The number of aliphatic hydroxyl groups excluding tert-OH is 2. The molecule has 0 saturated heterocycles. The fraction of sp³-hybridized carbons (Fsp3) is 0.519. The summed E-state index contributed by atoms with van der Waals surface area (Å²) < 4.78 is 27.9. The summed E-state index contributed by atoms with van der Waals surface area (Å²) in [5.74, 6) is 0.234. The number of fused-ring (bicyclic) bond motifs is 2. The Kier molecular flexibility index (Phi) is 6.85. The van der Waals surface area contributed by atoms with E-state index >= 15 is 0 Å². The van der Waals surface area contributed by atoms with Crippen molar-refractivity contribution in [2.75, 3.05) is 34.7 Å². The molecule has 1 heterocycles. The molecule has 0 aromatic heterocycles. The third kappa shape index (κ3) is 4.10. The van der Waals surface area contributed by atoms with E-state index in [0.717, 1.165) is 36.8 Å². The fourth-order valence-corrected chi connectivity index (χ4v) is 5.96. The Labute approximate surface area is 210 Å². The normalized spacial score (nSPS) is 24.8. The van der Waals surface area contributed by atoms with Crippen LogP contribution in [0.1, 0.15) is 54.4 Å².